The third kappa shape index (κ3) is 2.66. The van der Waals surface area contributed by atoms with Crippen molar-refractivity contribution in [2.75, 3.05) is 6.61 Å². The molecular formula is C13H21ClN2O. The van der Waals surface area contributed by atoms with Gasteiger partial charge in [0.05, 0.1) is 16.4 Å². The van der Waals surface area contributed by atoms with E-state index in [1.807, 2.05) is 18.7 Å². The lowest BCUT2D eigenvalue weighted by Crippen LogP contribution is -2.20. The molecule has 3 nitrogen and oxygen atoms in total. The van der Waals surface area contributed by atoms with E-state index >= 15 is 0 Å². The Morgan fingerprint density at radius 3 is 2.59 bits per heavy atom. The molecule has 1 N–H and O–H groups in total. The van der Waals surface area contributed by atoms with Crippen LogP contribution in [0.2, 0.25) is 5.02 Å². The van der Waals surface area contributed by atoms with Gasteiger partial charge >= 0.3 is 0 Å². The van der Waals surface area contributed by atoms with E-state index in [4.69, 9.17) is 11.6 Å². The van der Waals surface area contributed by atoms with Gasteiger partial charge in [0.2, 0.25) is 0 Å². The highest BCUT2D eigenvalue weighted by Gasteiger charge is 2.26. The monoisotopic (exact) mass is 256 g/mol. The maximum atomic E-state index is 9.56. The van der Waals surface area contributed by atoms with E-state index in [0.717, 1.165) is 22.8 Å². The second-order valence-electron chi connectivity index (χ2n) is 5.16. The Labute approximate surface area is 108 Å². The second kappa shape index (κ2) is 5.40. The van der Waals surface area contributed by atoms with Crippen LogP contribution in [0.3, 0.4) is 0 Å². The number of aryl methyl sites for hydroxylation is 2. The number of rotatable bonds is 4. The van der Waals surface area contributed by atoms with Gasteiger partial charge in [0.15, 0.2) is 0 Å². The zero-order valence-electron chi connectivity index (χ0n) is 10.6. The van der Waals surface area contributed by atoms with E-state index in [-0.39, 0.29) is 6.61 Å². The molecule has 0 aliphatic heterocycles. The van der Waals surface area contributed by atoms with Crippen molar-refractivity contribution >= 4 is 11.6 Å². The Hall–Kier alpha value is -0.540. The van der Waals surface area contributed by atoms with Crippen molar-refractivity contribution in [2.24, 2.45) is 18.9 Å². The molecule has 1 aromatic rings. The van der Waals surface area contributed by atoms with Crippen molar-refractivity contribution in [3.8, 4) is 0 Å². The molecule has 1 saturated carbocycles. The van der Waals surface area contributed by atoms with E-state index < -0.39 is 0 Å². The molecule has 1 atom stereocenters. The lowest BCUT2D eigenvalue weighted by Gasteiger charge is -2.21. The van der Waals surface area contributed by atoms with E-state index in [1.54, 1.807) is 0 Å². The van der Waals surface area contributed by atoms with Crippen molar-refractivity contribution in [3.05, 3.63) is 16.4 Å². The molecule has 0 bridgehead atoms. The van der Waals surface area contributed by atoms with Crippen molar-refractivity contribution in [1.82, 2.24) is 9.78 Å². The average molecular weight is 257 g/mol. The van der Waals surface area contributed by atoms with Crippen LogP contribution in [0.1, 0.15) is 37.1 Å². The summed E-state index contributed by atoms with van der Waals surface area (Å²) >= 11 is 6.26. The molecule has 1 unspecified atom stereocenters. The summed E-state index contributed by atoms with van der Waals surface area (Å²) in [6, 6.07) is 0. The molecule has 96 valence electrons. The van der Waals surface area contributed by atoms with Gasteiger partial charge < -0.3 is 5.11 Å². The van der Waals surface area contributed by atoms with Gasteiger partial charge in [-0.3, -0.25) is 4.68 Å². The van der Waals surface area contributed by atoms with Gasteiger partial charge in [0.25, 0.3) is 0 Å². The zero-order valence-corrected chi connectivity index (χ0v) is 11.4. The number of hydrogen-bond donors (Lipinski definition) is 1. The Bertz CT molecular complexity index is 383. The van der Waals surface area contributed by atoms with Crippen LogP contribution in [-0.2, 0) is 13.5 Å². The lowest BCUT2D eigenvalue weighted by molar-refractivity contribution is 0.174. The van der Waals surface area contributed by atoms with Crippen LogP contribution in [0.15, 0.2) is 0 Å². The predicted octanol–water partition coefficient (Wildman–Crippen LogP) is 2.72. The Kier molecular flexibility index (Phi) is 4.10. The number of aromatic nitrogens is 2. The van der Waals surface area contributed by atoms with Gasteiger partial charge in [-0.05, 0) is 25.2 Å². The molecular weight excluding hydrogens is 236 g/mol. The van der Waals surface area contributed by atoms with Gasteiger partial charge in [-0.1, -0.05) is 37.3 Å². The highest BCUT2D eigenvalue weighted by Crippen LogP contribution is 2.34. The van der Waals surface area contributed by atoms with E-state index in [0.29, 0.717) is 11.8 Å². The molecule has 1 fully saturated rings. The first kappa shape index (κ1) is 12.9. The topological polar surface area (TPSA) is 38.0 Å². The summed E-state index contributed by atoms with van der Waals surface area (Å²) in [7, 11) is 1.93. The number of nitrogens with zero attached hydrogens (tertiary/aromatic N) is 2. The molecule has 4 heteroatoms. The van der Waals surface area contributed by atoms with Crippen LogP contribution >= 0.6 is 11.6 Å². The molecule has 1 aliphatic carbocycles. The summed E-state index contributed by atoms with van der Waals surface area (Å²) in [5.41, 5.74) is 1.95. The van der Waals surface area contributed by atoms with Crippen LogP contribution < -0.4 is 0 Å². The van der Waals surface area contributed by atoms with Crippen LogP contribution in [0.25, 0.3) is 0 Å². The van der Waals surface area contributed by atoms with Crippen molar-refractivity contribution < 1.29 is 5.11 Å². The molecule has 0 saturated heterocycles. The van der Waals surface area contributed by atoms with E-state index in [1.165, 1.54) is 25.7 Å². The van der Waals surface area contributed by atoms with Gasteiger partial charge in [-0.2, -0.15) is 5.10 Å². The van der Waals surface area contributed by atoms with Gasteiger partial charge in [0, 0.05) is 13.7 Å². The molecule has 0 amide bonds. The third-order valence-corrected chi connectivity index (χ3v) is 4.51. The lowest BCUT2D eigenvalue weighted by atomic mass is 9.87. The SMILES string of the molecule is Cc1nn(C)c(CC(CO)C2CCCC2)c1Cl. The first-order chi connectivity index (χ1) is 8.13. The fourth-order valence-electron chi connectivity index (χ4n) is 2.96. The Balaban J connectivity index is 2.12. The molecule has 1 heterocycles. The summed E-state index contributed by atoms with van der Waals surface area (Å²) in [6.07, 6.45) is 5.95. The standard InChI is InChI=1S/C13H21ClN2O/c1-9-13(14)12(16(2)15-9)7-11(8-17)10-5-3-4-6-10/h10-11,17H,3-8H2,1-2H3. The minimum atomic E-state index is 0.255. The summed E-state index contributed by atoms with van der Waals surface area (Å²) in [4.78, 5) is 0. The van der Waals surface area contributed by atoms with Crippen LogP contribution in [0.5, 0.6) is 0 Å². The summed E-state index contributed by atoms with van der Waals surface area (Å²) in [5.74, 6) is 0.996. The third-order valence-electron chi connectivity index (χ3n) is 4.02. The number of halogens is 1. The fraction of sp³-hybridized carbons (Fsp3) is 0.769. The molecule has 1 aliphatic rings. The average Bonchev–Trinajstić information content (AvgIpc) is 2.89. The van der Waals surface area contributed by atoms with Crippen molar-refractivity contribution in [2.45, 2.75) is 39.0 Å². The highest BCUT2D eigenvalue weighted by molar-refractivity contribution is 6.31. The number of aliphatic hydroxyl groups is 1. The Morgan fingerprint density at radius 1 is 1.47 bits per heavy atom. The maximum absolute atomic E-state index is 9.56. The minimum Gasteiger partial charge on any atom is -0.396 e. The molecule has 17 heavy (non-hydrogen) atoms. The van der Waals surface area contributed by atoms with E-state index in [2.05, 4.69) is 5.10 Å². The zero-order chi connectivity index (χ0) is 12.4. The number of hydrogen-bond acceptors (Lipinski definition) is 2. The maximum Gasteiger partial charge on any atom is 0.0847 e. The summed E-state index contributed by atoms with van der Waals surface area (Å²) in [6.45, 7) is 2.18. The largest absolute Gasteiger partial charge is 0.396 e. The van der Waals surface area contributed by atoms with Crippen molar-refractivity contribution in [3.63, 3.8) is 0 Å². The first-order valence-corrected chi connectivity index (χ1v) is 6.80. The van der Waals surface area contributed by atoms with Crippen LogP contribution in [0.4, 0.5) is 0 Å². The molecule has 0 aromatic carbocycles. The second-order valence-corrected chi connectivity index (χ2v) is 5.54. The first-order valence-electron chi connectivity index (χ1n) is 6.42. The normalized spacial score (nSPS) is 18.8. The molecule has 2 rings (SSSR count). The van der Waals surface area contributed by atoms with E-state index in [9.17, 15) is 5.11 Å². The predicted molar refractivity (Wildman–Crippen MR) is 69.2 cm³/mol. The number of aliphatic hydroxyl groups excluding tert-OH is 1. The smallest absolute Gasteiger partial charge is 0.0847 e. The fourth-order valence-corrected chi connectivity index (χ4v) is 3.20. The van der Waals surface area contributed by atoms with Gasteiger partial charge in [0.1, 0.15) is 0 Å². The molecule has 1 aromatic heterocycles. The highest BCUT2D eigenvalue weighted by atomic mass is 35.5. The van der Waals surface area contributed by atoms with Crippen LogP contribution in [-0.4, -0.2) is 21.5 Å². The van der Waals surface area contributed by atoms with Crippen LogP contribution in [0, 0.1) is 18.8 Å². The summed E-state index contributed by atoms with van der Waals surface area (Å²) < 4.78 is 1.86. The quantitative estimate of drug-likeness (QED) is 0.900. The molecule has 0 radical (unpaired) electrons. The summed E-state index contributed by atoms with van der Waals surface area (Å²) in [5, 5.41) is 14.7. The molecule has 0 spiro atoms. The van der Waals surface area contributed by atoms with Gasteiger partial charge in [-0.25, -0.2) is 0 Å². The van der Waals surface area contributed by atoms with Crippen molar-refractivity contribution in [1.29, 1.82) is 0 Å². The van der Waals surface area contributed by atoms with Gasteiger partial charge in [-0.15, -0.1) is 0 Å². The Morgan fingerprint density at radius 2 is 2.12 bits per heavy atom. The minimum absolute atomic E-state index is 0.255.